The number of quaternary nitrogens is 1. The Hall–Kier alpha value is -3.73. The highest BCUT2D eigenvalue weighted by molar-refractivity contribution is 5.82. The molecule has 10 nitrogen and oxygen atoms in total. The summed E-state index contributed by atoms with van der Waals surface area (Å²) in [6.45, 7) is 2.43. The molecule has 43 heavy (non-hydrogen) atoms. The molecule has 0 aliphatic carbocycles. The number of benzene rings is 2. The van der Waals surface area contributed by atoms with Crippen LogP contribution in [0.5, 0.6) is 0 Å². The van der Waals surface area contributed by atoms with E-state index < -0.39 is 11.6 Å². The van der Waals surface area contributed by atoms with E-state index in [1.807, 2.05) is 60.7 Å². The van der Waals surface area contributed by atoms with Crippen LogP contribution in [0.2, 0.25) is 0 Å². The highest BCUT2D eigenvalue weighted by Crippen LogP contribution is 2.30. The van der Waals surface area contributed by atoms with Crippen LogP contribution in [0, 0.1) is 0 Å². The fourth-order valence-electron chi connectivity index (χ4n) is 6.89. The monoisotopic (exact) mass is 607 g/mol. The lowest BCUT2D eigenvalue weighted by Crippen LogP contribution is -3.18. The van der Waals surface area contributed by atoms with Crippen LogP contribution in [-0.4, -0.2) is 62.6 Å². The first-order valence-electron chi connectivity index (χ1n) is 14.8. The van der Waals surface area contributed by atoms with Gasteiger partial charge >= 0.3 is 11.7 Å². The highest BCUT2D eigenvalue weighted by Gasteiger charge is 2.46. The van der Waals surface area contributed by atoms with E-state index in [1.54, 1.807) is 22.8 Å². The van der Waals surface area contributed by atoms with E-state index >= 15 is 0 Å². The SMILES string of the molecule is Cn1c(=O)c2c(ncn2CCOCC[NH+]2C3CCC2CC(OC(=O)C(c2ccccc2)c2ccccc2)C3)n(C)c1=O.[Cl-]. The van der Waals surface area contributed by atoms with E-state index in [-0.39, 0.29) is 30.0 Å². The molecule has 0 amide bonds. The van der Waals surface area contributed by atoms with Crippen molar-refractivity contribution in [2.24, 2.45) is 14.1 Å². The van der Waals surface area contributed by atoms with Crippen LogP contribution < -0.4 is 28.6 Å². The van der Waals surface area contributed by atoms with Gasteiger partial charge in [-0.2, -0.15) is 0 Å². The number of nitrogens with one attached hydrogen (secondary N) is 1. The first kappa shape index (κ1) is 30.7. The van der Waals surface area contributed by atoms with Crippen molar-refractivity contribution >= 4 is 17.1 Å². The molecule has 2 bridgehead atoms. The fourth-order valence-corrected chi connectivity index (χ4v) is 6.89. The zero-order valence-corrected chi connectivity index (χ0v) is 25.3. The van der Waals surface area contributed by atoms with Crippen LogP contribution in [0.3, 0.4) is 0 Å². The van der Waals surface area contributed by atoms with Crippen LogP contribution >= 0.6 is 0 Å². The van der Waals surface area contributed by atoms with Crippen LogP contribution in [0.1, 0.15) is 42.7 Å². The summed E-state index contributed by atoms with van der Waals surface area (Å²) >= 11 is 0. The zero-order valence-electron chi connectivity index (χ0n) is 24.5. The molecule has 2 aromatic carbocycles. The number of carbonyl (C=O) groups excluding carboxylic acids is 1. The van der Waals surface area contributed by atoms with Crippen molar-refractivity contribution in [1.29, 1.82) is 0 Å². The summed E-state index contributed by atoms with van der Waals surface area (Å²) in [4.78, 5) is 44.2. The molecule has 6 rings (SSSR count). The molecule has 0 spiro atoms. The highest BCUT2D eigenvalue weighted by atomic mass is 35.5. The molecule has 0 saturated carbocycles. The lowest BCUT2D eigenvalue weighted by atomic mass is 9.91. The van der Waals surface area contributed by atoms with Gasteiger partial charge in [0.15, 0.2) is 11.2 Å². The van der Waals surface area contributed by atoms with Crippen molar-refractivity contribution < 1.29 is 31.6 Å². The minimum atomic E-state index is -0.429. The molecule has 4 aromatic rings. The van der Waals surface area contributed by atoms with Gasteiger partial charge in [0, 0.05) is 46.3 Å². The summed E-state index contributed by atoms with van der Waals surface area (Å²) in [5.74, 6) is -0.605. The number of hydrogen-bond donors (Lipinski definition) is 1. The van der Waals surface area contributed by atoms with Crippen LogP contribution in [0.4, 0.5) is 0 Å². The minimum absolute atomic E-state index is 0. The van der Waals surface area contributed by atoms with E-state index in [0.717, 1.165) is 47.9 Å². The second kappa shape index (κ2) is 13.3. The Morgan fingerprint density at radius 2 is 1.53 bits per heavy atom. The lowest BCUT2D eigenvalue weighted by molar-refractivity contribution is -0.942. The van der Waals surface area contributed by atoms with E-state index in [0.29, 0.717) is 43.0 Å². The predicted molar refractivity (Wildman–Crippen MR) is 158 cm³/mol. The Kier molecular flexibility index (Phi) is 9.49. The largest absolute Gasteiger partial charge is 1.00 e. The van der Waals surface area contributed by atoms with Crippen molar-refractivity contribution in [3.05, 3.63) is 99.0 Å². The molecule has 0 radical (unpaired) electrons. The average molecular weight is 608 g/mol. The zero-order chi connectivity index (χ0) is 29.2. The normalized spacial score (nSPS) is 21.2. The number of hydrogen-bond acceptors (Lipinski definition) is 6. The predicted octanol–water partition coefficient (Wildman–Crippen LogP) is -1.59. The summed E-state index contributed by atoms with van der Waals surface area (Å²) in [6.07, 6.45) is 5.54. The van der Waals surface area contributed by atoms with Gasteiger partial charge in [-0.25, -0.2) is 9.78 Å². The maximum Gasteiger partial charge on any atom is 0.332 e. The summed E-state index contributed by atoms with van der Waals surface area (Å²) < 4.78 is 16.4. The molecule has 2 aliphatic rings. The van der Waals surface area contributed by atoms with Gasteiger partial charge in [-0.15, -0.1) is 0 Å². The first-order chi connectivity index (χ1) is 20.4. The van der Waals surface area contributed by atoms with E-state index in [4.69, 9.17) is 9.47 Å². The van der Waals surface area contributed by atoms with Crippen LogP contribution in [0.25, 0.3) is 11.2 Å². The number of ether oxygens (including phenoxy) is 2. The number of imidazole rings is 1. The first-order valence-corrected chi connectivity index (χ1v) is 14.8. The number of esters is 1. The van der Waals surface area contributed by atoms with Crippen LogP contribution in [-0.2, 0) is 34.9 Å². The number of aromatic nitrogens is 4. The number of aryl methyl sites for hydroxylation is 1. The Labute approximate surface area is 256 Å². The van der Waals surface area contributed by atoms with E-state index in [2.05, 4.69) is 4.98 Å². The lowest BCUT2D eigenvalue weighted by Gasteiger charge is -2.36. The maximum atomic E-state index is 13.5. The Bertz CT molecular complexity index is 1620. The molecule has 228 valence electrons. The molecule has 2 saturated heterocycles. The van der Waals surface area contributed by atoms with Gasteiger partial charge in [0.25, 0.3) is 5.56 Å². The van der Waals surface area contributed by atoms with Gasteiger partial charge < -0.3 is 31.3 Å². The minimum Gasteiger partial charge on any atom is -1.00 e. The van der Waals surface area contributed by atoms with E-state index in [1.165, 1.54) is 11.6 Å². The molecule has 4 heterocycles. The maximum absolute atomic E-state index is 13.5. The topological polar surface area (TPSA) is 102 Å². The van der Waals surface area contributed by atoms with Gasteiger partial charge in [0.1, 0.15) is 18.6 Å². The van der Waals surface area contributed by atoms with Gasteiger partial charge in [-0.3, -0.25) is 18.7 Å². The number of piperidine rings is 1. The third kappa shape index (κ3) is 6.18. The molecular formula is C32H38ClN5O5. The average Bonchev–Trinajstić information content (AvgIpc) is 3.53. The van der Waals surface area contributed by atoms with E-state index in [9.17, 15) is 14.4 Å². The molecule has 11 heteroatoms. The summed E-state index contributed by atoms with van der Waals surface area (Å²) in [5.41, 5.74) is 1.94. The summed E-state index contributed by atoms with van der Waals surface area (Å²) in [5, 5.41) is 0. The Morgan fingerprint density at radius 1 is 0.930 bits per heavy atom. The standard InChI is InChI=1S/C32H37N5O5.ClH/c1-34-29-28(30(38)35(2)32(34)40)36(21-33-29)15-17-41-18-16-37-24-13-14-25(37)20-26(19-24)42-31(39)27(22-9-5-3-6-10-22)23-11-7-4-8-12-23;/h3-12,21,24-27H,13-20H2,1-2H3;1H. The molecule has 2 fully saturated rings. The number of halogens is 1. The smallest absolute Gasteiger partial charge is 0.332 e. The third-order valence-corrected chi connectivity index (χ3v) is 9.02. The summed E-state index contributed by atoms with van der Waals surface area (Å²) in [6, 6.07) is 20.7. The third-order valence-electron chi connectivity index (χ3n) is 9.02. The summed E-state index contributed by atoms with van der Waals surface area (Å²) in [7, 11) is 3.09. The number of carbonyl (C=O) groups is 1. The quantitative estimate of drug-likeness (QED) is 0.172. The number of rotatable bonds is 10. The van der Waals surface area contributed by atoms with Crippen molar-refractivity contribution in [1.82, 2.24) is 18.7 Å². The number of nitrogens with zero attached hydrogens (tertiary/aromatic N) is 4. The molecule has 1 N–H and O–H groups in total. The second-order valence-corrected chi connectivity index (χ2v) is 11.5. The Morgan fingerprint density at radius 3 is 2.14 bits per heavy atom. The van der Waals surface area contributed by atoms with Crippen molar-refractivity contribution in [3.63, 3.8) is 0 Å². The van der Waals surface area contributed by atoms with Gasteiger partial charge in [0.2, 0.25) is 0 Å². The van der Waals surface area contributed by atoms with Crippen molar-refractivity contribution in [3.8, 4) is 0 Å². The molecule has 2 aromatic heterocycles. The van der Waals surface area contributed by atoms with Crippen molar-refractivity contribution in [2.75, 3.05) is 19.8 Å². The molecular weight excluding hydrogens is 570 g/mol. The van der Waals surface area contributed by atoms with Gasteiger partial charge in [-0.1, -0.05) is 60.7 Å². The number of fused-ring (bicyclic) bond motifs is 3. The molecule has 2 unspecified atom stereocenters. The van der Waals surface area contributed by atoms with Crippen molar-refractivity contribution in [2.45, 2.75) is 56.3 Å². The van der Waals surface area contributed by atoms with Gasteiger partial charge in [-0.05, 0) is 11.1 Å². The van der Waals surface area contributed by atoms with Crippen LogP contribution in [0.15, 0.2) is 76.6 Å². The second-order valence-electron chi connectivity index (χ2n) is 11.5. The Balaban J connectivity index is 0.00000368. The molecule has 2 aliphatic heterocycles. The fraction of sp³-hybridized carbons (Fsp3) is 0.438. The molecule has 2 atom stereocenters. The van der Waals surface area contributed by atoms with Gasteiger partial charge in [0.05, 0.1) is 31.6 Å².